The largest absolute Gasteiger partial charge is 0.302 e. The van der Waals surface area contributed by atoms with E-state index in [0.717, 1.165) is 0 Å². The Morgan fingerprint density at radius 3 is 2.80 bits per heavy atom. The van der Waals surface area contributed by atoms with Crippen molar-refractivity contribution in [3.8, 4) is 5.69 Å². The molecule has 1 unspecified atom stereocenters. The van der Waals surface area contributed by atoms with E-state index in [9.17, 15) is 8.60 Å². The van der Waals surface area contributed by atoms with Gasteiger partial charge in [0.25, 0.3) is 0 Å². The Morgan fingerprint density at radius 1 is 1.25 bits per heavy atom. The molecule has 1 N–H and O–H groups in total. The van der Waals surface area contributed by atoms with Gasteiger partial charge in [-0.3, -0.25) is 4.57 Å². The molecular weight excluding hydrogens is 279 g/mol. The minimum absolute atomic E-state index is 0.292. The Kier molecular flexibility index (Phi) is 3.11. The number of hydrogen-bond donors (Lipinski definition) is 1. The van der Waals surface area contributed by atoms with E-state index >= 15 is 0 Å². The minimum atomic E-state index is -2.05. The summed E-state index contributed by atoms with van der Waals surface area (Å²) < 4.78 is 35.5. The first-order valence-corrected chi connectivity index (χ1v) is 7.03. The van der Waals surface area contributed by atoms with E-state index in [2.05, 4.69) is 4.98 Å². The van der Waals surface area contributed by atoms with Crippen LogP contribution in [0, 0.1) is 12.7 Å². The maximum Gasteiger partial charge on any atom is 0.186 e. The molecule has 0 saturated carbocycles. The van der Waals surface area contributed by atoms with Crippen molar-refractivity contribution in [1.29, 1.82) is 0 Å². The third kappa shape index (κ3) is 2.13. The summed E-state index contributed by atoms with van der Waals surface area (Å²) in [4.78, 5) is 4.65. The fourth-order valence-corrected chi connectivity index (χ4v) is 2.64. The van der Waals surface area contributed by atoms with Crippen molar-refractivity contribution in [3.63, 3.8) is 0 Å². The molecule has 6 heteroatoms. The fourth-order valence-electron chi connectivity index (χ4n) is 2.23. The first-order valence-electron chi connectivity index (χ1n) is 5.92. The lowest BCUT2D eigenvalue weighted by atomic mass is 10.2. The number of nitrogens with zero attached hydrogens (tertiary/aromatic N) is 2. The zero-order chi connectivity index (χ0) is 14.3. The topological polar surface area (TPSA) is 55.1 Å². The van der Waals surface area contributed by atoms with Crippen molar-refractivity contribution in [1.82, 2.24) is 9.55 Å². The highest BCUT2D eigenvalue weighted by molar-refractivity contribution is 7.79. The standard InChI is InChI=1S/C14H11FN2O2S/c1-9-16-13-6-5-10(15)7-14(13)17(9)11-3-2-4-12(8-11)20(18)19/h2-8H,1H3,(H,18,19). The van der Waals surface area contributed by atoms with E-state index in [0.29, 0.717) is 27.4 Å². The molecule has 0 saturated heterocycles. The molecule has 1 aromatic heterocycles. The van der Waals surface area contributed by atoms with Crippen LogP contribution in [0.5, 0.6) is 0 Å². The maximum atomic E-state index is 13.4. The Labute approximate surface area is 117 Å². The van der Waals surface area contributed by atoms with E-state index in [1.807, 2.05) is 0 Å². The maximum absolute atomic E-state index is 13.4. The SMILES string of the molecule is Cc1nc2ccc(F)cc2n1-c1cccc(S(=O)O)c1. The number of hydrogen-bond acceptors (Lipinski definition) is 2. The number of aryl methyl sites for hydroxylation is 1. The predicted molar refractivity (Wildman–Crippen MR) is 74.8 cm³/mol. The molecular formula is C14H11FN2O2S. The highest BCUT2D eigenvalue weighted by Crippen LogP contribution is 2.23. The fraction of sp³-hybridized carbons (Fsp3) is 0.0714. The number of aromatic nitrogens is 2. The summed E-state index contributed by atoms with van der Waals surface area (Å²) in [6.45, 7) is 1.81. The number of benzene rings is 2. The van der Waals surface area contributed by atoms with Crippen LogP contribution in [0.1, 0.15) is 5.82 Å². The van der Waals surface area contributed by atoms with Crippen molar-refractivity contribution in [2.24, 2.45) is 0 Å². The predicted octanol–water partition coefficient (Wildman–Crippen LogP) is 3.05. The molecule has 20 heavy (non-hydrogen) atoms. The second kappa shape index (κ2) is 4.81. The Bertz CT molecular complexity index is 829. The molecule has 0 bridgehead atoms. The van der Waals surface area contributed by atoms with Gasteiger partial charge in [0, 0.05) is 11.8 Å². The van der Waals surface area contributed by atoms with Crippen LogP contribution in [-0.2, 0) is 11.1 Å². The Balaban J connectivity index is 2.28. The van der Waals surface area contributed by atoms with Gasteiger partial charge in [-0.15, -0.1) is 0 Å². The summed E-state index contributed by atoms with van der Waals surface area (Å²) in [6.07, 6.45) is 0. The highest BCUT2D eigenvalue weighted by atomic mass is 32.2. The van der Waals surface area contributed by atoms with E-state index < -0.39 is 11.1 Å². The van der Waals surface area contributed by atoms with E-state index in [-0.39, 0.29) is 5.82 Å². The molecule has 0 radical (unpaired) electrons. The van der Waals surface area contributed by atoms with Crippen LogP contribution in [0.25, 0.3) is 16.7 Å². The van der Waals surface area contributed by atoms with Gasteiger partial charge in [0.2, 0.25) is 0 Å². The summed E-state index contributed by atoms with van der Waals surface area (Å²) >= 11 is -2.05. The number of halogens is 1. The van der Waals surface area contributed by atoms with Crippen molar-refractivity contribution >= 4 is 22.1 Å². The minimum Gasteiger partial charge on any atom is -0.302 e. The zero-order valence-electron chi connectivity index (χ0n) is 10.6. The lowest BCUT2D eigenvalue weighted by Crippen LogP contribution is -1.99. The molecule has 3 aromatic rings. The average molecular weight is 290 g/mol. The summed E-state index contributed by atoms with van der Waals surface area (Å²) in [5.41, 5.74) is 1.98. The van der Waals surface area contributed by atoms with E-state index in [1.54, 1.807) is 41.8 Å². The van der Waals surface area contributed by atoms with Gasteiger partial charge in [0.1, 0.15) is 11.6 Å². The lowest BCUT2D eigenvalue weighted by Gasteiger charge is -2.08. The molecule has 1 atom stereocenters. The molecule has 102 valence electrons. The van der Waals surface area contributed by atoms with Crippen molar-refractivity contribution in [3.05, 3.63) is 54.1 Å². The molecule has 1 heterocycles. The molecule has 2 aromatic carbocycles. The first kappa shape index (κ1) is 13.0. The van der Waals surface area contributed by atoms with Gasteiger partial charge >= 0.3 is 0 Å². The number of imidazole rings is 1. The van der Waals surface area contributed by atoms with Gasteiger partial charge in [-0.1, -0.05) is 6.07 Å². The van der Waals surface area contributed by atoms with Gasteiger partial charge in [-0.25, -0.2) is 13.6 Å². The summed E-state index contributed by atoms with van der Waals surface area (Å²) in [6, 6.07) is 11.0. The third-order valence-electron chi connectivity index (χ3n) is 3.06. The second-order valence-corrected chi connectivity index (χ2v) is 5.34. The van der Waals surface area contributed by atoms with Crippen LogP contribution in [0.15, 0.2) is 47.4 Å². The summed E-state index contributed by atoms with van der Waals surface area (Å²) in [5.74, 6) is 0.340. The quantitative estimate of drug-likeness (QED) is 0.738. The average Bonchev–Trinajstić information content (AvgIpc) is 2.74. The van der Waals surface area contributed by atoms with Gasteiger partial charge in [-0.2, -0.15) is 0 Å². The molecule has 0 spiro atoms. The van der Waals surface area contributed by atoms with Crippen molar-refractivity contribution < 1.29 is 13.2 Å². The van der Waals surface area contributed by atoms with Crippen LogP contribution in [-0.4, -0.2) is 18.3 Å². The van der Waals surface area contributed by atoms with Crippen LogP contribution in [0.3, 0.4) is 0 Å². The monoisotopic (exact) mass is 290 g/mol. The zero-order valence-corrected chi connectivity index (χ0v) is 11.4. The van der Waals surface area contributed by atoms with Crippen LogP contribution >= 0.6 is 0 Å². The van der Waals surface area contributed by atoms with Gasteiger partial charge < -0.3 is 4.55 Å². The van der Waals surface area contributed by atoms with Crippen LogP contribution in [0.4, 0.5) is 4.39 Å². The van der Waals surface area contributed by atoms with Crippen LogP contribution in [0.2, 0.25) is 0 Å². The van der Waals surface area contributed by atoms with E-state index in [1.165, 1.54) is 12.1 Å². The highest BCUT2D eigenvalue weighted by Gasteiger charge is 2.11. The van der Waals surface area contributed by atoms with Gasteiger partial charge in [0.15, 0.2) is 11.1 Å². The molecule has 4 nitrogen and oxygen atoms in total. The summed E-state index contributed by atoms with van der Waals surface area (Å²) in [7, 11) is 0. The molecule has 0 aliphatic heterocycles. The number of rotatable bonds is 2. The third-order valence-corrected chi connectivity index (χ3v) is 3.72. The normalized spacial score (nSPS) is 12.8. The molecule has 0 aliphatic carbocycles. The summed E-state index contributed by atoms with van der Waals surface area (Å²) in [5, 5.41) is 0. The second-order valence-electron chi connectivity index (χ2n) is 4.37. The molecule has 3 rings (SSSR count). The first-order chi connectivity index (χ1) is 9.56. The van der Waals surface area contributed by atoms with Crippen LogP contribution < -0.4 is 0 Å². The van der Waals surface area contributed by atoms with Crippen molar-refractivity contribution in [2.45, 2.75) is 11.8 Å². The smallest absolute Gasteiger partial charge is 0.186 e. The molecule has 0 fully saturated rings. The number of fused-ring (bicyclic) bond motifs is 1. The molecule has 0 amide bonds. The van der Waals surface area contributed by atoms with Gasteiger partial charge in [-0.05, 0) is 37.3 Å². The Morgan fingerprint density at radius 2 is 2.05 bits per heavy atom. The van der Waals surface area contributed by atoms with E-state index in [4.69, 9.17) is 4.55 Å². The lowest BCUT2D eigenvalue weighted by molar-refractivity contribution is 0.564. The Hall–Kier alpha value is -2.05. The van der Waals surface area contributed by atoms with Crippen molar-refractivity contribution in [2.75, 3.05) is 0 Å². The molecule has 0 aliphatic rings. The van der Waals surface area contributed by atoms with Gasteiger partial charge in [0.05, 0.1) is 15.9 Å².